The summed E-state index contributed by atoms with van der Waals surface area (Å²) in [4.78, 5) is 0. The second kappa shape index (κ2) is 15.1. The zero-order chi connectivity index (χ0) is 30.7. The van der Waals surface area contributed by atoms with Gasteiger partial charge < -0.3 is 9.35 Å². The molecule has 4 aromatic rings. The van der Waals surface area contributed by atoms with E-state index in [1.54, 1.807) is 0 Å². The fourth-order valence-corrected chi connectivity index (χ4v) is 6.99. The first-order valence-corrected chi connectivity index (χ1v) is 22.4. The van der Waals surface area contributed by atoms with Gasteiger partial charge in [-0.1, -0.05) is 161 Å². The van der Waals surface area contributed by atoms with Gasteiger partial charge in [-0.15, -0.1) is 0 Å². The van der Waals surface area contributed by atoms with Crippen molar-refractivity contribution in [1.29, 1.82) is 0 Å². The smallest absolute Gasteiger partial charge is 0.169 e. The third kappa shape index (κ3) is 10.2. The molecule has 0 saturated carbocycles. The Labute approximate surface area is 262 Å². The highest BCUT2D eigenvalue weighted by Gasteiger charge is 2.25. The van der Waals surface area contributed by atoms with Gasteiger partial charge in [0, 0.05) is 0 Å². The summed E-state index contributed by atoms with van der Waals surface area (Å²) in [6.45, 7) is 15.9. The molecule has 0 radical (unpaired) electrons. The van der Waals surface area contributed by atoms with Crippen molar-refractivity contribution in [2.75, 3.05) is 0 Å². The van der Waals surface area contributed by atoms with E-state index in [4.69, 9.17) is 10.2 Å². The molecule has 4 rings (SSSR count). The Morgan fingerprint density at radius 1 is 0.465 bits per heavy atom. The van der Waals surface area contributed by atoms with Crippen LogP contribution in [0.15, 0.2) is 132 Å². The molecule has 0 amide bonds. The lowest BCUT2D eigenvalue weighted by Crippen LogP contribution is -2.42. The Morgan fingerprint density at radius 2 is 0.767 bits per heavy atom. The molecule has 4 aromatic carbocycles. The molecule has 0 fully saturated rings. The van der Waals surface area contributed by atoms with E-state index in [9.17, 15) is 0 Å². The zero-order valence-corrected chi connectivity index (χ0v) is 28.9. The van der Waals surface area contributed by atoms with E-state index in [1.165, 1.54) is 22.3 Å². The monoisotopic (exact) mass is 604 g/mol. The molecule has 43 heavy (non-hydrogen) atoms. The van der Waals surface area contributed by atoms with Gasteiger partial charge in [0.05, 0.1) is 24.5 Å². The van der Waals surface area contributed by atoms with Crippen molar-refractivity contribution in [2.45, 2.75) is 71.6 Å². The molecule has 0 atom stereocenters. The molecule has 0 bridgehead atoms. The van der Waals surface area contributed by atoms with E-state index < -0.39 is 16.5 Å². The van der Waals surface area contributed by atoms with Gasteiger partial charge in [-0.2, -0.15) is 10.2 Å². The van der Waals surface area contributed by atoms with Crippen LogP contribution in [0.3, 0.4) is 0 Å². The molecule has 0 aliphatic carbocycles. The van der Waals surface area contributed by atoms with Crippen molar-refractivity contribution in [3.8, 4) is 0 Å². The van der Waals surface area contributed by atoms with Gasteiger partial charge in [-0.05, 0) is 41.5 Å². The molecule has 4 nitrogen and oxygen atoms in total. The average Bonchev–Trinajstić information content (AvgIpc) is 3.00. The minimum absolute atomic E-state index is 0.828. The summed E-state index contributed by atoms with van der Waals surface area (Å²) >= 11 is 0. The van der Waals surface area contributed by atoms with Crippen LogP contribution in [0.4, 0.5) is 0 Å². The van der Waals surface area contributed by atoms with Crippen LogP contribution < -0.4 is 0 Å². The van der Waals surface area contributed by atoms with Crippen LogP contribution >= 0.6 is 0 Å². The minimum Gasteiger partial charge on any atom is -0.320 e. The maximum Gasteiger partial charge on any atom is 0.169 e. The first kappa shape index (κ1) is 32.2. The van der Waals surface area contributed by atoms with Gasteiger partial charge in [-0.3, -0.25) is 0 Å². The van der Waals surface area contributed by atoms with Crippen LogP contribution in [0, 0.1) is 0 Å². The second-order valence-electron chi connectivity index (χ2n) is 13.1. The predicted molar refractivity (Wildman–Crippen MR) is 190 cm³/mol. The molecule has 224 valence electrons. The van der Waals surface area contributed by atoms with E-state index in [-0.39, 0.29) is 0 Å². The topological polar surface area (TPSA) is 31.2 Å². The van der Waals surface area contributed by atoms with Gasteiger partial charge in [0.15, 0.2) is 16.5 Å². The average molecular weight is 605 g/mol. The Kier molecular flexibility index (Phi) is 11.3. The van der Waals surface area contributed by atoms with Crippen molar-refractivity contribution in [2.24, 2.45) is 10.2 Å². The number of rotatable bonds is 14. The first-order chi connectivity index (χ1) is 20.6. The lowest BCUT2D eigenvalue weighted by Gasteiger charge is -2.33. The summed E-state index contributed by atoms with van der Waals surface area (Å²) in [6.07, 6.45) is 2.74. The largest absolute Gasteiger partial charge is 0.320 e. The molecular weight excluding hydrogens is 557 g/mol. The Hall–Kier alpha value is -3.75. The van der Waals surface area contributed by atoms with Gasteiger partial charge in [0.2, 0.25) is 0 Å². The van der Waals surface area contributed by atoms with Gasteiger partial charge in [-0.25, -0.2) is 0 Å². The summed E-state index contributed by atoms with van der Waals surface area (Å²) < 4.78 is 4.76. The van der Waals surface area contributed by atoms with Crippen LogP contribution in [0.2, 0.25) is 39.3 Å². The summed E-state index contributed by atoms with van der Waals surface area (Å²) in [7, 11) is -3.48. The zero-order valence-electron chi connectivity index (χ0n) is 26.9. The summed E-state index contributed by atoms with van der Waals surface area (Å²) in [5, 5.41) is 10.8. The molecule has 0 aromatic heterocycles. The summed E-state index contributed by atoms with van der Waals surface area (Å²) in [5.74, 6) is 0. The number of hydrogen-bond donors (Lipinski definition) is 0. The second-order valence-corrected chi connectivity index (χ2v) is 22.8. The quantitative estimate of drug-likeness (QED) is 0.0815. The fraction of sp³-hybridized carbons (Fsp3) is 0.297. The van der Waals surface area contributed by atoms with E-state index in [0.29, 0.717) is 0 Å². The van der Waals surface area contributed by atoms with Crippen LogP contribution in [-0.2, 0) is 13.1 Å². The molecule has 0 aliphatic rings. The summed E-state index contributed by atoms with van der Waals surface area (Å²) in [6, 6.07) is 42.9. The summed E-state index contributed by atoms with van der Waals surface area (Å²) in [5.41, 5.74) is 7.29. The molecule has 0 aliphatic heterocycles. The van der Waals surface area contributed by atoms with E-state index in [0.717, 1.165) is 43.8 Å². The maximum absolute atomic E-state index is 5.41. The molecule has 0 N–H and O–H groups in total. The van der Waals surface area contributed by atoms with E-state index in [1.807, 2.05) is 0 Å². The number of benzene rings is 4. The lowest BCUT2D eigenvalue weighted by atomic mass is 10.0. The van der Waals surface area contributed by atoms with E-state index in [2.05, 4.69) is 170 Å². The molecule has 0 unspecified atom stereocenters. The van der Waals surface area contributed by atoms with Crippen molar-refractivity contribution < 1.29 is 0 Å². The van der Waals surface area contributed by atoms with Crippen molar-refractivity contribution >= 4 is 27.9 Å². The van der Waals surface area contributed by atoms with Crippen LogP contribution in [0.25, 0.3) is 0 Å². The third-order valence-corrected chi connectivity index (χ3v) is 11.0. The molecule has 0 spiro atoms. The van der Waals surface area contributed by atoms with Crippen molar-refractivity contribution in [1.82, 2.24) is 9.35 Å². The standard InChI is InChI=1S/C37H48N4Si2/c1-42(2,3)40(30-32-20-11-7-12-21-32)38-36(34-24-15-9-16-25-34)28-19-29-37(35-26-17-10-18-27-35)39-41(43(4,5)6)31-33-22-13-8-14-23-33/h7-18,20-27H,19,28-31H2,1-6H3/b38-36-,39-37+. The fourth-order valence-electron chi connectivity index (χ4n) is 4.84. The van der Waals surface area contributed by atoms with Gasteiger partial charge in [0.1, 0.15) is 0 Å². The lowest BCUT2D eigenvalue weighted by molar-refractivity contribution is 0.441. The Balaban J connectivity index is 1.62. The van der Waals surface area contributed by atoms with Crippen LogP contribution in [0.5, 0.6) is 0 Å². The number of hydrazone groups is 2. The highest BCUT2D eigenvalue weighted by Crippen LogP contribution is 2.21. The molecule has 0 saturated heterocycles. The third-order valence-electron chi connectivity index (χ3n) is 7.42. The molecule has 0 heterocycles. The number of hydrogen-bond acceptors (Lipinski definition) is 4. The molecule has 6 heteroatoms. The highest BCUT2D eigenvalue weighted by atomic mass is 28.3. The maximum atomic E-state index is 5.41. The van der Waals surface area contributed by atoms with Crippen LogP contribution in [-0.4, -0.2) is 37.2 Å². The SMILES string of the molecule is C[Si](C)(C)N(Cc1ccccc1)/N=C(/CCC/C(=N\N(Cc1ccccc1)[Si](C)(C)C)c1ccccc1)c1ccccc1. The number of nitrogens with zero attached hydrogens (tertiary/aromatic N) is 4. The predicted octanol–water partition coefficient (Wildman–Crippen LogP) is 9.64. The molecular formula is C37H48N4Si2. The van der Waals surface area contributed by atoms with E-state index >= 15 is 0 Å². The Bertz CT molecular complexity index is 1330. The minimum atomic E-state index is -1.74. The normalized spacial score (nSPS) is 12.7. The van der Waals surface area contributed by atoms with Gasteiger partial charge >= 0.3 is 0 Å². The highest BCUT2D eigenvalue weighted by molar-refractivity contribution is 6.73. The van der Waals surface area contributed by atoms with Crippen LogP contribution in [0.1, 0.15) is 41.5 Å². The van der Waals surface area contributed by atoms with Crippen molar-refractivity contribution in [3.05, 3.63) is 144 Å². The first-order valence-electron chi connectivity index (χ1n) is 15.5. The van der Waals surface area contributed by atoms with Gasteiger partial charge in [0.25, 0.3) is 0 Å². The Morgan fingerprint density at radius 3 is 1.07 bits per heavy atom. The van der Waals surface area contributed by atoms with Crippen molar-refractivity contribution in [3.63, 3.8) is 0 Å².